The van der Waals surface area contributed by atoms with Crippen molar-refractivity contribution >= 4 is 26.4 Å². The maximum Gasteiger partial charge on any atom is 0.175 e. The lowest BCUT2D eigenvalue weighted by atomic mass is 10.0. The van der Waals surface area contributed by atoms with Crippen LogP contribution in [0.15, 0.2) is 18.2 Å². The average molecular weight is 302 g/mol. The number of benzene rings is 1. The number of hydrogen-bond acceptors (Lipinski definition) is 4. The highest BCUT2D eigenvalue weighted by atomic mass is 32.2. The predicted octanol–water partition coefficient (Wildman–Crippen LogP) is 1.28. The lowest BCUT2D eigenvalue weighted by Crippen LogP contribution is -2.19. The molecule has 0 heterocycles. The molecule has 0 fully saturated rings. The zero-order valence-electron chi connectivity index (χ0n) is 11.3. The van der Waals surface area contributed by atoms with Gasteiger partial charge in [0, 0.05) is 28.4 Å². The minimum absolute atomic E-state index is 0.00936. The van der Waals surface area contributed by atoms with Crippen molar-refractivity contribution in [1.29, 1.82) is 0 Å². The maximum absolute atomic E-state index is 12.0. The first-order valence-corrected chi connectivity index (χ1v) is 9.37. The summed E-state index contributed by atoms with van der Waals surface area (Å²) in [5.41, 5.74) is 2.37. The summed E-state index contributed by atoms with van der Waals surface area (Å²) in [6.07, 6.45) is 1.09. The summed E-state index contributed by atoms with van der Waals surface area (Å²) in [5.74, 6) is -0.470. The van der Waals surface area contributed by atoms with Gasteiger partial charge in [0.05, 0.1) is 11.5 Å². The van der Waals surface area contributed by atoms with Crippen molar-refractivity contribution in [1.82, 2.24) is 0 Å². The molecule has 0 N–H and O–H groups in total. The van der Waals surface area contributed by atoms with Crippen LogP contribution in [0.25, 0.3) is 0 Å². The van der Waals surface area contributed by atoms with E-state index in [2.05, 4.69) is 0 Å². The van der Waals surface area contributed by atoms with Gasteiger partial charge >= 0.3 is 0 Å². The highest BCUT2D eigenvalue weighted by molar-refractivity contribution is 7.92. The van der Waals surface area contributed by atoms with Crippen molar-refractivity contribution in [3.8, 4) is 0 Å². The Labute approximate surface area is 116 Å². The SMILES string of the molecule is Cc1ccc(C)c(C(=O)CS(=O)CCS(C)(=O)=O)c1. The third kappa shape index (κ3) is 5.65. The molecule has 0 aliphatic carbocycles. The molecule has 0 amide bonds. The van der Waals surface area contributed by atoms with E-state index in [9.17, 15) is 17.4 Å². The monoisotopic (exact) mass is 302 g/mol. The van der Waals surface area contributed by atoms with Crippen LogP contribution in [0.3, 0.4) is 0 Å². The molecule has 1 rings (SSSR count). The molecule has 0 saturated heterocycles. The Kier molecular flexibility index (Phi) is 5.43. The van der Waals surface area contributed by atoms with E-state index in [-0.39, 0.29) is 23.0 Å². The van der Waals surface area contributed by atoms with E-state index in [0.29, 0.717) is 5.56 Å². The minimum atomic E-state index is -3.14. The van der Waals surface area contributed by atoms with Crippen LogP contribution in [-0.2, 0) is 20.6 Å². The first-order chi connectivity index (χ1) is 8.69. The summed E-state index contributed by atoms with van der Waals surface area (Å²) in [5, 5.41) is 0. The van der Waals surface area contributed by atoms with Crippen LogP contribution in [-0.4, -0.2) is 41.9 Å². The van der Waals surface area contributed by atoms with E-state index >= 15 is 0 Å². The third-order valence-electron chi connectivity index (χ3n) is 2.67. The van der Waals surface area contributed by atoms with Crippen molar-refractivity contribution in [2.75, 3.05) is 23.5 Å². The number of rotatable bonds is 6. The van der Waals surface area contributed by atoms with Crippen molar-refractivity contribution in [2.24, 2.45) is 0 Å². The van der Waals surface area contributed by atoms with Crippen LogP contribution in [0.5, 0.6) is 0 Å². The number of ketones is 1. The molecular weight excluding hydrogens is 284 g/mol. The number of carbonyl (C=O) groups is 1. The van der Waals surface area contributed by atoms with Gasteiger partial charge in [0.2, 0.25) is 0 Å². The molecule has 1 unspecified atom stereocenters. The molecule has 4 nitrogen and oxygen atoms in total. The van der Waals surface area contributed by atoms with E-state index in [1.807, 2.05) is 26.0 Å². The van der Waals surface area contributed by atoms with Gasteiger partial charge in [-0.05, 0) is 25.5 Å². The lowest BCUT2D eigenvalue weighted by Gasteiger charge is -2.06. The van der Waals surface area contributed by atoms with E-state index in [4.69, 9.17) is 0 Å². The van der Waals surface area contributed by atoms with Gasteiger partial charge in [-0.15, -0.1) is 0 Å². The summed E-state index contributed by atoms with van der Waals surface area (Å²) in [4.78, 5) is 12.0. The molecule has 0 aromatic heterocycles. The van der Waals surface area contributed by atoms with Crippen LogP contribution in [0, 0.1) is 13.8 Å². The smallest absolute Gasteiger partial charge is 0.175 e. The Bertz CT molecular complexity index is 603. The van der Waals surface area contributed by atoms with Crippen LogP contribution in [0.2, 0.25) is 0 Å². The summed E-state index contributed by atoms with van der Waals surface area (Å²) in [6, 6.07) is 5.53. The summed E-state index contributed by atoms with van der Waals surface area (Å²) < 4.78 is 33.6. The highest BCUT2D eigenvalue weighted by Gasteiger charge is 2.14. The van der Waals surface area contributed by atoms with Crippen LogP contribution >= 0.6 is 0 Å². The fourth-order valence-corrected chi connectivity index (χ4v) is 4.12. The number of Topliss-reactive ketones (excluding diaryl/α,β-unsaturated/α-hetero) is 1. The standard InChI is InChI=1S/C13H18O4S2/c1-10-4-5-11(2)12(8-10)13(14)9-18(15)6-7-19(3,16)17/h4-5,8H,6-7,9H2,1-3H3. The number of aryl methyl sites for hydroxylation is 2. The Morgan fingerprint density at radius 2 is 1.89 bits per heavy atom. The Morgan fingerprint density at radius 1 is 1.26 bits per heavy atom. The lowest BCUT2D eigenvalue weighted by molar-refractivity contribution is 0.102. The first-order valence-electron chi connectivity index (χ1n) is 5.82. The van der Waals surface area contributed by atoms with Gasteiger partial charge in [0.25, 0.3) is 0 Å². The Morgan fingerprint density at radius 3 is 2.47 bits per heavy atom. The molecule has 19 heavy (non-hydrogen) atoms. The fraction of sp³-hybridized carbons (Fsp3) is 0.462. The number of carbonyl (C=O) groups excluding carboxylic acids is 1. The molecule has 0 bridgehead atoms. The highest BCUT2D eigenvalue weighted by Crippen LogP contribution is 2.12. The topological polar surface area (TPSA) is 68.3 Å². The van der Waals surface area contributed by atoms with Gasteiger partial charge in [0.1, 0.15) is 9.84 Å². The molecule has 0 radical (unpaired) electrons. The molecular formula is C13H18O4S2. The maximum atomic E-state index is 12.0. The fourth-order valence-electron chi connectivity index (χ4n) is 1.58. The van der Waals surface area contributed by atoms with E-state index in [1.165, 1.54) is 0 Å². The molecule has 106 valence electrons. The minimum Gasteiger partial charge on any atom is -0.293 e. The molecule has 1 aromatic rings. The zero-order chi connectivity index (χ0) is 14.6. The Hall–Kier alpha value is -1.01. The van der Waals surface area contributed by atoms with Gasteiger partial charge in [-0.25, -0.2) is 8.42 Å². The van der Waals surface area contributed by atoms with E-state index in [1.54, 1.807) is 6.07 Å². The molecule has 6 heteroatoms. The molecule has 0 aliphatic rings. The molecule has 0 saturated carbocycles. The van der Waals surface area contributed by atoms with Crippen molar-refractivity contribution in [3.63, 3.8) is 0 Å². The number of sulfone groups is 1. The molecule has 1 atom stereocenters. The largest absolute Gasteiger partial charge is 0.293 e. The average Bonchev–Trinajstić information content (AvgIpc) is 2.28. The molecule has 1 aromatic carbocycles. The second kappa shape index (κ2) is 6.43. The van der Waals surface area contributed by atoms with Gasteiger partial charge in [-0.3, -0.25) is 9.00 Å². The van der Waals surface area contributed by atoms with Gasteiger partial charge in [-0.1, -0.05) is 17.7 Å². The normalized spacial score (nSPS) is 13.2. The van der Waals surface area contributed by atoms with Crippen LogP contribution in [0.1, 0.15) is 21.5 Å². The summed E-state index contributed by atoms with van der Waals surface area (Å²) in [6.45, 7) is 3.71. The Balaban J connectivity index is 2.69. The summed E-state index contributed by atoms with van der Waals surface area (Å²) in [7, 11) is -4.58. The predicted molar refractivity (Wildman–Crippen MR) is 77.8 cm³/mol. The van der Waals surface area contributed by atoms with Crippen LogP contribution < -0.4 is 0 Å². The second-order valence-electron chi connectivity index (χ2n) is 4.66. The van der Waals surface area contributed by atoms with Gasteiger partial charge in [0.15, 0.2) is 5.78 Å². The van der Waals surface area contributed by atoms with Crippen molar-refractivity contribution in [3.05, 3.63) is 34.9 Å². The second-order valence-corrected chi connectivity index (χ2v) is 8.50. The molecule has 0 aliphatic heterocycles. The zero-order valence-corrected chi connectivity index (χ0v) is 12.9. The quantitative estimate of drug-likeness (QED) is 0.742. The van der Waals surface area contributed by atoms with Crippen molar-refractivity contribution < 1.29 is 17.4 Å². The number of hydrogen-bond donors (Lipinski definition) is 0. The van der Waals surface area contributed by atoms with E-state index < -0.39 is 20.6 Å². The third-order valence-corrected chi connectivity index (χ3v) is 5.12. The van der Waals surface area contributed by atoms with Crippen molar-refractivity contribution in [2.45, 2.75) is 13.8 Å². The first kappa shape index (κ1) is 16.0. The van der Waals surface area contributed by atoms with Gasteiger partial charge in [-0.2, -0.15) is 0 Å². The van der Waals surface area contributed by atoms with Crippen LogP contribution in [0.4, 0.5) is 0 Å². The van der Waals surface area contributed by atoms with E-state index in [0.717, 1.165) is 17.4 Å². The molecule has 0 spiro atoms. The van der Waals surface area contributed by atoms with Gasteiger partial charge < -0.3 is 0 Å². The summed E-state index contributed by atoms with van der Waals surface area (Å²) >= 11 is 0.